The highest BCUT2D eigenvalue weighted by Gasteiger charge is 2.24. The van der Waals surface area contributed by atoms with E-state index in [0.717, 1.165) is 23.5 Å². The van der Waals surface area contributed by atoms with E-state index >= 15 is 0 Å². The lowest BCUT2D eigenvalue weighted by Gasteiger charge is -2.03. The van der Waals surface area contributed by atoms with Crippen LogP contribution < -0.4 is 9.87 Å². The highest BCUT2D eigenvalue weighted by Crippen LogP contribution is 2.25. The van der Waals surface area contributed by atoms with Gasteiger partial charge in [0, 0.05) is 4.73 Å². The highest BCUT2D eigenvalue weighted by atomic mass is 32.2. The molecule has 2 rings (SSSR count). The van der Waals surface area contributed by atoms with Crippen LogP contribution in [0, 0.1) is 11.6 Å². The van der Waals surface area contributed by atoms with E-state index in [1.54, 1.807) is 0 Å². The van der Waals surface area contributed by atoms with E-state index in [-0.39, 0.29) is 11.3 Å². The van der Waals surface area contributed by atoms with Gasteiger partial charge in [-0.25, -0.2) is 22.3 Å². The summed E-state index contributed by atoms with van der Waals surface area (Å²) in [4.78, 5) is -1.19. The Bertz CT molecular complexity index is 689. The van der Waals surface area contributed by atoms with Gasteiger partial charge in [-0.05, 0) is 12.1 Å². The van der Waals surface area contributed by atoms with E-state index in [4.69, 9.17) is 5.14 Å². The summed E-state index contributed by atoms with van der Waals surface area (Å²) in [5.41, 5.74) is 1.44. The number of benzene rings is 1. The van der Waals surface area contributed by atoms with Gasteiger partial charge in [-0.1, -0.05) is 11.3 Å². The minimum absolute atomic E-state index is 0.00106. The molecular formula is C9H7F2N2O3S2+. The first-order valence-electron chi connectivity index (χ1n) is 4.50. The second-order valence-corrected chi connectivity index (χ2v) is 5.62. The van der Waals surface area contributed by atoms with Gasteiger partial charge in [0.2, 0.25) is 10.0 Å². The Morgan fingerprint density at radius 2 is 1.83 bits per heavy atom. The predicted molar refractivity (Wildman–Crippen MR) is 58.4 cm³/mol. The lowest BCUT2D eigenvalue weighted by atomic mass is 10.1. The smallest absolute Gasteiger partial charge is 0.277 e. The van der Waals surface area contributed by atoms with Crippen molar-refractivity contribution in [3.63, 3.8) is 0 Å². The first kappa shape index (κ1) is 12.9. The number of halogens is 2. The van der Waals surface area contributed by atoms with Gasteiger partial charge < -0.3 is 0 Å². The van der Waals surface area contributed by atoms with Gasteiger partial charge in [0.25, 0.3) is 11.2 Å². The monoisotopic (exact) mass is 293 g/mol. The maximum absolute atomic E-state index is 13.5. The van der Waals surface area contributed by atoms with Gasteiger partial charge >= 0.3 is 0 Å². The molecule has 0 spiro atoms. The molecule has 1 heterocycles. The fourth-order valence-corrected chi connectivity index (χ4v) is 2.77. The van der Waals surface area contributed by atoms with Gasteiger partial charge in [-0.2, -0.15) is 0 Å². The molecule has 2 aromatic rings. The van der Waals surface area contributed by atoms with E-state index in [1.165, 1.54) is 10.9 Å². The van der Waals surface area contributed by atoms with Gasteiger partial charge in [0.05, 0.1) is 10.9 Å². The number of primary sulfonamides is 1. The lowest BCUT2D eigenvalue weighted by Crippen LogP contribution is -2.29. The van der Waals surface area contributed by atoms with E-state index in [0.29, 0.717) is 4.73 Å². The van der Waals surface area contributed by atoms with Crippen molar-refractivity contribution in [1.29, 1.82) is 0 Å². The lowest BCUT2D eigenvalue weighted by molar-refractivity contribution is -0.892. The van der Waals surface area contributed by atoms with E-state index < -0.39 is 26.6 Å². The van der Waals surface area contributed by atoms with Gasteiger partial charge in [0.1, 0.15) is 11.6 Å². The molecule has 3 N–H and O–H groups in total. The van der Waals surface area contributed by atoms with E-state index in [9.17, 15) is 22.4 Å². The van der Waals surface area contributed by atoms with Crippen molar-refractivity contribution in [1.82, 2.24) is 0 Å². The van der Waals surface area contributed by atoms with E-state index in [1.807, 2.05) is 0 Å². The maximum Gasteiger partial charge on any atom is 0.277 e. The first-order chi connectivity index (χ1) is 8.30. The molecule has 0 aliphatic rings. The first-order valence-corrected chi connectivity index (χ1v) is 6.99. The molecule has 1 aromatic heterocycles. The number of sulfonamides is 1. The number of hydrogen-bond acceptors (Lipinski definition) is 4. The predicted octanol–water partition coefficient (Wildman–Crippen LogP) is 0.866. The second kappa shape index (κ2) is 4.26. The zero-order valence-electron chi connectivity index (χ0n) is 8.67. The maximum atomic E-state index is 13.5. The second-order valence-electron chi connectivity index (χ2n) is 3.40. The van der Waals surface area contributed by atoms with Crippen molar-refractivity contribution in [2.24, 2.45) is 5.14 Å². The third kappa shape index (κ3) is 2.19. The molecule has 0 amide bonds. The number of nitrogens with two attached hydrogens (primary N) is 1. The summed E-state index contributed by atoms with van der Waals surface area (Å²) in [5.74, 6) is -2.61. The van der Waals surface area contributed by atoms with E-state index in [2.05, 4.69) is 0 Å². The molecule has 0 aliphatic carbocycles. The third-order valence-corrected chi connectivity index (χ3v) is 3.81. The summed E-state index contributed by atoms with van der Waals surface area (Å²) in [5, 5.41) is 15.5. The van der Waals surface area contributed by atoms with Crippen LogP contribution in [0.3, 0.4) is 0 Å². The summed E-state index contributed by atoms with van der Waals surface area (Å²) in [6.45, 7) is 0. The Balaban J connectivity index is 2.68. The van der Waals surface area contributed by atoms with Crippen LogP contribution >= 0.6 is 11.3 Å². The Morgan fingerprint density at radius 3 is 2.22 bits per heavy atom. The largest absolute Gasteiger partial charge is 0.284 e. The summed E-state index contributed by atoms with van der Waals surface area (Å²) in [7, 11) is -4.48. The number of hydrogen-bond donors (Lipinski definition) is 2. The van der Waals surface area contributed by atoms with Crippen molar-refractivity contribution in [3.05, 3.63) is 34.7 Å². The van der Waals surface area contributed by atoms with Crippen molar-refractivity contribution in [3.8, 4) is 11.3 Å². The van der Waals surface area contributed by atoms with Gasteiger partial charge in [0.15, 0.2) is 4.90 Å². The van der Waals surface area contributed by atoms with Crippen LogP contribution in [0.5, 0.6) is 0 Å². The number of aromatic nitrogens is 1. The standard InChI is InChI=1S/C9H7F2N2O3S2/c10-6-1-5(8-3-17-4-13(8)14)2-7(11)9(6)18(12,15)16/h1-4,14H,(H2,12,15,16)/q+1. The average Bonchev–Trinajstić information content (AvgIpc) is 2.60. The molecule has 18 heavy (non-hydrogen) atoms. The molecule has 0 fully saturated rings. The molecule has 0 aliphatic heterocycles. The molecular weight excluding hydrogens is 286 g/mol. The Kier molecular flexibility index (Phi) is 3.05. The molecule has 0 saturated carbocycles. The van der Waals surface area contributed by atoms with Crippen LogP contribution in [-0.2, 0) is 10.0 Å². The third-order valence-electron chi connectivity index (χ3n) is 2.17. The summed E-state index contributed by atoms with van der Waals surface area (Å²) in [6.07, 6.45) is 0. The minimum Gasteiger partial charge on any atom is -0.284 e. The molecule has 1 aromatic carbocycles. The SMILES string of the molecule is NS(=O)(=O)c1c(F)cc(-c2csc[n+]2O)cc1F. The van der Waals surface area contributed by atoms with Crippen LogP contribution in [0.25, 0.3) is 11.3 Å². The molecule has 5 nitrogen and oxygen atoms in total. The molecule has 0 atom stereocenters. The molecule has 0 bridgehead atoms. The molecule has 0 radical (unpaired) electrons. The van der Waals surface area contributed by atoms with Gasteiger partial charge in [-0.15, -0.1) is 0 Å². The van der Waals surface area contributed by atoms with Crippen LogP contribution in [0.1, 0.15) is 0 Å². The van der Waals surface area contributed by atoms with Crippen LogP contribution in [0.4, 0.5) is 8.78 Å². The normalized spacial score (nSPS) is 11.7. The Hall–Kier alpha value is -1.58. The molecule has 0 saturated heterocycles. The van der Waals surface area contributed by atoms with Crippen LogP contribution in [-0.4, -0.2) is 13.6 Å². The Labute approximate surface area is 105 Å². The van der Waals surface area contributed by atoms with Crippen molar-refractivity contribution >= 4 is 21.4 Å². The summed E-state index contributed by atoms with van der Waals surface area (Å²) >= 11 is 1.11. The zero-order chi connectivity index (χ0) is 13.5. The fourth-order valence-electron chi connectivity index (χ4n) is 1.44. The van der Waals surface area contributed by atoms with Gasteiger partial charge in [-0.3, -0.25) is 5.21 Å². The minimum atomic E-state index is -4.48. The highest BCUT2D eigenvalue weighted by molar-refractivity contribution is 7.89. The summed E-state index contributed by atoms with van der Waals surface area (Å²) < 4.78 is 49.7. The number of rotatable bonds is 2. The fraction of sp³-hybridized carbons (Fsp3) is 0. The molecule has 9 heteroatoms. The Morgan fingerprint density at radius 1 is 1.28 bits per heavy atom. The topological polar surface area (TPSA) is 84.3 Å². The van der Waals surface area contributed by atoms with Crippen molar-refractivity contribution in [2.45, 2.75) is 4.90 Å². The zero-order valence-corrected chi connectivity index (χ0v) is 10.3. The molecule has 0 unspecified atom stereocenters. The number of thiazole rings is 1. The average molecular weight is 293 g/mol. The molecule has 96 valence electrons. The van der Waals surface area contributed by atoms with Crippen molar-refractivity contribution < 1.29 is 27.1 Å². The van der Waals surface area contributed by atoms with Crippen LogP contribution in [0.15, 0.2) is 27.9 Å². The quantitative estimate of drug-likeness (QED) is 0.636. The number of nitrogens with zero attached hydrogens (tertiary/aromatic N) is 1. The van der Waals surface area contributed by atoms with Crippen molar-refractivity contribution in [2.75, 3.05) is 0 Å². The van der Waals surface area contributed by atoms with Crippen LogP contribution in [0.2, 0.25) is 0 Å². The summed E-state index contributed by atoms with van der Waals surface area (Å²) in [6, 6.07) is 1.58.